The van der Waals surface area contributed by atoms with E-state index in [2.05, 4.69) is 5.32 Å². The number of hydrogen-bond acceptors (Lipinski definition) is 5. The number of rotatable bonds is 7. The number of nitrogens with zero attached hydrogens (tertiary/aromatic N) is 2. The Labute approximate surface area is 146 Å². The van der Waals surface area contributed by atoms with Crippen molar-refractivity contribution in [3.05, 3.63) is 35.9 Å². The first-order valence-electron chi connectivity index (χ1n) is 8.17. The summed E-state index contributed by atoms with van der Waals surface area (Å²) in [6, 6.07) is 11.4. The highest BCUT2D eigenvalue weighted by Crippen LogP contribution is 2.28. The van der Waals surface area contributed by atoms with Gasteiger partial charge in [0.1, 0.15) is 0 Å². The lowest BCUT2D eigenvalue weighted by molar-refractivity contribution is -0.152. The average Bonchev–Trinajstić information content (AvgIpc) is 3.02. The van der Waals surface area contributed by atoms with Gasteiger partial charge in [-0.3, -0.25) is 14.4 Å². The molecule has 2 amide bonds. The van der Waals surface area contributed by atoms with Gasteiger partial charge in [0.05, 0.1) is 24.4 Å². The molecule has 0 spiro atoms. The van der Waals surface area contributed by atoms with E-state index < -0.39 is 24.4 Å². The van der Waals surface area contributed by atoms with Gasteiger partial charge in [-0.2, -0.15) is 5.26 Å². The molecule has 0 aliphatic carbocycles. The lowest BCUT2D eigenvalue weighted by atomic mass is 10.1. The smallest absolute Gasteiger partial charge is 0.311 e. The van der Waals surface area contributed by atoms with Gasteiger partial charge < -0.3 is 15.0 Å². The predicted molar refractivity (Wildman–Crippen MR) is 88.9 cm³/mol. The Balaban J connectivity index is 1.84. The summed E-state index contributed by atoms with van der Waals surface area (Å²) in [4.78, 5) is 37.5. The molecule has 0 radical (unpaired) electrons. The van der Waals surface area contributed by atoms with E-state index in [1.807, 2.05) is 43.3 Å². The van der Waals surface area contributed by atoms with E-state index in [-0.39, 0.29) is 37.9 Å². The standard InChI is InChI=1S/C18H21N3O4/c1-13(14-6-3-2-4-7-14)21-11-15(10-17(21)23)18(24)25-12-16(22)20-9-5-8-19/h2-4,6-7,13,15H,5,9-12H2,1H3,(H,20,22)/t13-,15-/m0/s1. The fourth-order valence-electron chi connectivity index (χ4n) is 2.74. The fourth-order valence-corrected chi connectivity index (χ4v) is 2.74. The minimum atomic E-state index is -0.564. The summed E-state index contributed by atoms with van der Waals surface area (Å²) in [6.45, 7) is 2.02. The van der Waals surface area contributed by atoms with Gasteiger partial charge in [-0.25, -0.2) is 0 Å². The predicted octanol–water partition coefficient (Wildman–Crippen LogP) is 1.17. The molecular formula is C18H21N3O4. The molecule has 0 unspecified atom stereocenters. The molecule has 1 aliphatic rings. The topological polar surface area (TPSA) is 99.5 Å². The van der Waals surface area contributed by atoms with Crippen LogP contribution in [0.25, 0.3) is 0 Å². The van der Waals surface area contributed by atoms with Crippen molar-refractivity contribution in [3.8, 4) is 6.07 Å². The van der Waals surface area contributed by atoms with Crippen LogP contribution < -0.4 is 5.32 Å². The van der Waals surface area contributed by atoms with E-state index >= 15 is 0 Å². The zero-order valence-electron chi connectivity index (χ0n) is 14.1. The van der Waals surface area contributed by atoms with Gasteiger partial charge in [-0.15, -0.1) is 0 Å². The highest BCUT2D eigenvalue weighted by atomic mass is 16.5. The van der Waals surface area contributed by atoms with Crippen molar-refractivity contribution in [1.29, 1.82) is 5.26 Å². The molecule has 0 saturated carbocycles. The van der Waals surface area contributed by atoms with Crippen LogP contribution in [0.15, 0.2) is 30.3 Å². The number of carbonyl (C=O) groups excluding carboxylic acids is 3. The van der Waals surface area contributed by atoms with Gasteiger partial charge in [0.25, 0.3) is 5.91 Å². The van der Waals surface area contributed by atoms with Gasteiger partial charge in [-0.1, -0.05) is 30.3 Å². The van der Waals surface area contributed by atoms with Gasteiger partial charge in [0.15, 0.2) is 6.61 Å². The Morgan fingerprint density at radius 1 is 1.40 bits per heavy atom. The van der Waals surface area contributed by atoms with Crippen molar-refractivity contribution >= 4 is 17.8 Å². The van der Waals surface area contributed by atoms with Crippen LogP contribution in [0.1, 0.15) is 31.4 Å². The van der Waals surface area contributed by atoms with E-state index in [0.717, 1.165) is 5.56 Å². The number of carbonyl (C=O) groups is 3. The third kappa shape index (κ3) is 5.05. The number of likely N-dealkylation sites (tertiary alicyclic amines) is 1. The van der Waals surface area contributed by atoms with Crippen LogP contribution in [0.3, 0.4) is 0 Å². The number of nitrogens with one attached hydrogen (secondary N) is 1. The molecule has 1 heterocycles. The van der Waals surface area contributed by atoms with E-state index in [1.165, 1.54) is 0 Å². The Morgan fingerprint density at radius 3 is 2.80 bits per heavy atom. The van der Waals surface area contributed by atoms with Crippen LogP contribution in [0.5, 0.6) is 0 Å². The van der Waals surface area contributed by atoms with Gasteiger partial charge in [0, 0.05) is 19.5 Å². The number of esters is 1. The molecule has 2 atom stereocenters. The second-order valence-electron chi connectivity index (χ2n) is 5.90. The van der Waals surface area contributed by atoms with E-state index in [9.17, 15) is 14.4 Å². The van der Waals surface area contributed by atoms with Gasteiger partial charge >= 0.3 is 5.97 Å². The number of nitriles is 1. The highest BCUT2D eigenvalue weighted by molar-refractivity contribution is 5.88. The molecule has 1 saturated heterocycles. The van der Waals surface area contributed by atoms with E-state index in [4.69, 9.17) is 10.00 Å². The Kier molecular flexibility index (Phi) is 6.52. The van der Waals surface area contributed by atoms with E-state index in [0.29, 0.717) is 0 Å². The minimum Gasteiger partial charge on any atom is -0.455 e. The zero-order valence-corrected chi connectivity index (χ0v) is 14.1. The molecule has 0 aromatic heterocycles. The first-order valence-corrected chi connectivity index (χ1v) is 8.17. The van der Waals surface area contributed by atoms with Crippen molar-refractivity contribution in [3.63, 3.8) is 0 Å². The van der Waals surface area contributed by atoms with Crippen molar-refractivity contribution in [2.45, 2.75) is 25.8 Å². The van der Waals surface area contributed by atoms with Crippen LogP contribution >= 0.6 is 0 Å². The summed E-state index contributed by atoms with van der Waals surface area (Å²) in [7, 11) is 0. The lowest BCUT2D eigenvalue weighted by Crippen LogP contribution is -2.32. The molecule has 132 valence electrons. The molecule has 7 heteroatoms. The summed E-state index contributed by atoms with van der Waals surface area (Å²) >= 11 is 0. The van der Waals surface area contributed by atoms with Crippen molar-refractivity contribution in [1.82, 2.24) is 10.2 Å². The summed E-state index contributed by atoms with van der Waals surface area (Å²) in [5.74, 6) is -1.67. The van der Waals surface area contributed by atoms with Crippen molar-refractivity contribution in [2.24, 2.45) is 5.92 Å². The van der Waals surface area contributed by atoms with Crippen molar-refractivity contribution in [2.75, 3.05) is 19.7 Å². The quantitative estimate of drug-likeness (QED) is 0.592. The van der Waals surface area contributed by atoms with Crippen LogP contribution in [-0.2, 0) is 19.1 Å². The Hall–Kier alpha value is -2.88. The largest absolute Gasteiger partial charge is 0.455 e. The van der Waals surface area contributed by atoms with Crippen LogP contribution in [0, 0.1) is 17.2 Å². The molecule has 1 aromatic carbocycles. The molecule has 7 nitrogen and oxygen atoms in total. The van der Waals surface area contributed by atoms with Crippen LogP contribution in [0.4, 0.5) is 0 Å². The number of ether oxygens (including phenoxy) is 1. The molecule has 1 aliphatic heterocycles. The summed E-state index contributed by atoms with van der Waals surface area (Å²) in [5, 5.41) is 10.9. The maximum Gasteiger partial charge on any atom is 0.311 e. The highest BCUT2D eigenvalue weighted by Gasteiger charge is 2.38. The summed E-state index contributed by atoms with van der Waals surface area (Å²) < 4.78 is 4.99. The van der Waals surface area contributed by atoms with Crippen LogP contribution in [0.2, 0.25) is 0 Å². The molecule has 1 fully saturated rings. The number of benzene rings is 1. The van der Waals surface area contributed by atoms with Crippen LogP contribution in [-0.4, -0.2) is 42.4 Å². The number of amides is 2. The number of hydrogen-bond donors (Lipinski definition) is 1. The maximum absolute atomic E-state index is 12.2. The molecule has 25 heavy (non-hydrogen) atoms. The maximum atomic E-state index is 12.2. The second-order valence-corrected chi connectivity index (χ2v) is 5.90. The fraction of sp³-hybridized carbons (Fsp3) is 0.444. The van der Waals surface area contributed by atoms with Crippen molar-refractivity contribution < 1.29 is 19.1 Å². The zero-order chi connectivity index (χ0) is 18.2. The second kappa shape index (κ2) is 8.83. The minimum absolute atomic E-state index is 0.0893. The van der Waals surface area contributed by atoms with Gasteiger partial charge in [-0.05, 0) is 12.5 Å². The molecule has 1 N–H and O–H groups in total. The monoisotopic (exact) mass is 343 g/mol. The Bertz CT molecular complexity index is 669. The third-order valence-corrected chi connectivity index (χ3v) is 4.15. The molecule has 2 rings (SSSR count). The summed E-state index contributed by atoms with van der Waals surface area (Å²) in [6.07, 6.45) is 0.287. The molecule has 1 aromatic rings. The first kappa shape index (κ1) is 18.5. The summed E-state index contributed by atoms with van der Waals surface area (Å²) in [5.41, 5.74) is 1.00. The first-order chi connectivity index (χ1) is 12.0. The Morgan fingerprint density at radius 2 is 2.12 bits per heavy atom. The molecule has 0 bridgehead atoms. The van der Waals surface area contributed by atoms with E-state index in [1.54, 1.807) is 4.90 Å². The lowest BCUT2D eigenvalue weighted by Gasteiger charge is -2.25. The average molecular weight is 343 g/mol. The third-order valence-electron chi connectivity index (χ3n) is 4.15. The molecular weight excluding hydrogens is 322 g/mol. The SMILES string of the molecule is C[C@@H](c1ccccc1)N1C[C@@H](C(=O)OCC(=O)NCCC#N)CC1=O. The normalized spacial score (nSPS) is 17.7. The van der Waals surface area contributed by atoms with Gasteiger partial charge in [0.2, 0.25) is 5.91 Å².